The lowest BCUT2D eigenvalue weighted by atomic mass is 9.97. The van der Waals surface area contributed by atoms with Crippen molar-refractivity contribution < 1.29 is 18.0 Å². The summed E-state index contributed by atoms with van der Waals surface area (Å²) in [7, 11) is -3.52. The average Bonchev–Trinajstić information content (AvgIpc) is 3.39. The van der Waals surface area contributed by atoms with E-state index in [0.29, 0.717) is 38.3 Å². The Morgan fingerprint density at radius 1 is 1.06 bits per heavy atom. The highest BCUT2D eigenvalue weighted by Crippen LogP contribution is 2.23. The van der Waals surface area contributed by atoms with Gasteiger partial charge in [0.25, 0.3) is 0 Å². The number of amides is 2. The Morgan fingerprint density at radius 2 is 1.85 bits per heavy atom. The number of sulfonamides is 1. The van der Waals surface area contributed by atoms with Crippen molar-refractivity contribution in [2.45, 2.75) is 69.6 Å². The molecule has 1 unspecified atom stereocenters. The molecule has 1 aromatic rings. The monoisotopic (exact) mass is 492 g/mol. The van der Waals surface area contributed by atoms with E-state index in [4.69, 9.17) is 0 Å². The number of nitrogens with one attached hydrogen (secondary N) is 2. The van der Waals surface area contributed by atoms with Crippen molar-refractivity contribution in [3.05, 3.63) is 24.3 Å². The molecule has 0 radical (unpaired) electrons. The third-order valence-corrected chi connectivity index (χ3v) is 8.58. The molecule has 2 fully saturated rings. The minimum absolute atomic E-state index is 0.0181. The summed E-state index contributed by atoms with van der Waals surface area (Å²) < 4.78 is 27.1. The molecule has 0 bridgehead atoms. The fraction of sp³-hybridized carbons (Fsp3) is 0.680. The summed E-state index contributed by atoms with van der Waals surface area (Å²) in [5, 5.41) is 5.90. The maximum Gasteiger partial charge on any atom is 0.243 e. The molecule has 2 saturated heterocycles. The zero-order valence-corrected chi connectivity index (χ0v) is 21.2. The van der Waals surface area contributed by atoms with E-state index in [9.17, 15) is 18.0 Å². The van der Waals surface area contributed by atoms with Gasteiger partial charge in [-0.15, -0.1) is 0 Å². The van der Waals surface area contributed by atoms with Crippen LogP contribution in [0.3, 0.4) is 0 Å². The number of rotatable bonds is 12. The Hall–Kier alpha value is -1.97. The van der Waals surface area contributed by atoms with E-state index in [2.05, 4.69) is 22.5 Å². The normalized spacial score (nSPS) is 19.7. The van der Waals surface area contributed by atoms with Crippen LogP contribution in [0.2, 0.25) is 0 Å². The summed E-state index contributed by atoms with van der Waals surface area (Å²) in [4.78, 5) is 27.4. The number of hydrogen-bond acceptors (Lipinski definition) is 5. The van der Waals surface area contributed by atoms with Gasteiger partial charge in [0, 0.05) is 44.8 Å². The molecule has 0 saturated carbocycles. The Balaban J connectivity index is 1.43. The average molecular weight is 493 g/mol. The first kappa shape index (κ1) is 26.6. The molecule has 8 nitrogen and oxygen atoms in total. The summed E-state index contributed by atoms with van der Waals surface area (Å²) >= 11 is 0. The minimum Gasteiger partial charge on any atom is -0.356 e. The molecular formula is C25H40N4O4S. The van der Waals surface area contributed by atoms with Gasteiger partial charge >= 0.3 is 0 Å². The molecule has 0 aromatic heterocycles. The SMILES string of the molecule is CCCCCCNC(=O)C1CCCN(CCC(=O)Nc2cccc(S(=O)(=O)N3CCCC3)c2)C1. The Bertz CT molecular complexity index is 915. The Kier molecular flexibility index (Phi) is 10.3. The van der Waals surface area contributed by atoms with Crippen molar-refractivity contribution >= 4 is 27.5 Å². The van der Waals surface area contributed by atoms with Gasteiger partial charge in [-0.05, 0) is 56.8 Å². The molecule has 34 heavy (non-hydrogen) atoms. The number of nitrogens with zero attached hydrogens (tertiary/aromatic N) is 2. The van der Waals surface area contributed by atoms with Crippen LogP contribution in [0.25, 0.3) is 0 Å². The highest BCUT2D eigenvalue weighted by Gasteiger charge is 2.28. The van der Waals surface area contributed by atoms with E-state index in [-0.39, 0.29) is 22.6 Å². The zero-order valence-electron chi connectivity index (χ0n) is 20.4. The van der Waals surface area contributed by atoms with Gasteiger partial charge in [0.1, 0.15) is 0 Å². The molecular weight excluding hydrogens is 452 g/mol. The number of carbonyl (C=O) groups is 2. The molecule has 9 heteroatoms. The molecule has 0 aliphatic carbocycles. The smallest absolute Gasteiger partial charge is 0.243 e. The molecule has 1 atom stereocenters. The zero-order chi connectivity index (χ0) is 24.4. The first-order chi connectivity index (χ1) is 16.4. The number of benzene rings is 1. The van der Waals surface area contributed by atoms with Gasteiger partial charge < -0.3 is 15.5 Å². The predicted octanol–water partition coefficient (Wildman–Crippen LogP) is 3.21. The van der Waals surface area contributed by atoms with Gasteiger partial charge in [0.05, 0.1) is 10.8 Å². The van der Waals surface area contributed by atoms with Gasteiger partial charge in [-0.1, -0.05) is 32.3 Å². The van der Waals surface area contributed by atoms with E-state index >= 15 is 0 Å². The van der Waals surface area contributed by atoms with Crippen LogP contribution in [0.4, 0.5) is 5.69 Å². The number of piperidine rings is 1. The van der Waals surface area contributed by atoms with E-state index in [1.807, 2.05) is 0 Å². The van der Waals surface area contributed by atoms with Gasteiger partial charge in [0.15, 0.2) is 0 Å². The van der Waals surface area contributed by atoms with Gasteiger partial charge in [-0.2, -0.15) is 4.31 Å². The third kappa shape index (κ3) is 7.78. The minimum atomic E-state index is -3.52. The predicted molar refractivity (Wildman–Crippen MR) is 134 cm³/mol. The van der Waals surface area contributed by atoms with Crippen molar-refractivity contribution in [1.82, 2.24) is 14.5 Å². The van der Waals surface area contributed by atoms with Crippen LogP contribution in [-0.4, -0.2) is 68.7 Å². The summed E-state index contributed by atoms with van der Waals surface area (Å²) in [6, 6.07) is 6.48. The molecule has 2 N–H and O–H groups in total. The van der Waals surface area contributed by atoms with Crippen LogP contribution in [0.15, 0.2) is 29.2 Å². The van der Waals surface area contributed by atoms with E-state index in [1.54, 1.807) is 18.2 Å². The molecule has 190 valence electrons. The van der Waals surface area contributed by atoms with Gasteiger partial charge in [-0.25, -0.2) is 8.42 Å². The van der Waals surface area contributed by atoms with Crippen LogP contribution in [-0.2, 0) is 19.6 Å². The van der Waals surface area contributed by atoms with Crippen LogP contribution in [0.5, 0.6) is 0 Å². The molecule has 0 spiro atoms. The second kappa shape index (κ2) is 13.2. The van der Waals surface area contributed by atoms with E-state index < -0.39 is 10.0 Å². The number of anilines is 1. The largest absolute Gasteiger partial charge is 0.356 e. The number of carbonyl (C=O) groups excluding carboxylic acids is 2. The lowest BCUT2D eigenvalue weighted by Crippen LogP contribution is -2.44. The van der Waals surface area contributed by atoms with E-state index in [0.717, 1.165) is 51.6 Å². The van der Waals surface area contributed by atoms with Crippen molar-refractivity contribution in [1.29, 1.82) is 0 Å². The molecule has 1 aromatic carbocycles. The van der Waals surface area contributed by atoms with Crippen molar-refractivity contribution in [3.8, 4) is 0 Å². The van der Waals surface area contributed by atoms with Gasteiger partial charge in [-0.3, -0.25) is 9.59 Å². The third-order valence-electron chi connectivity index (χ3n) is 6.68. The van der Waals surface area contributed by atoms with E-state index in [1.165, 1.54) is 23.2 Å². The topological polar surface area (TPSA) is 98.8 Å². The quantitative estimate of drug-likeness (QED) is 0.437. The van der Waals surface area contributed by atoms with Crippen LogP contribution in [0.1, 0.15) is 64.7 Å². The molecule has 2 aliphatic rings. The molecule has 2 heterocycles. The van der Waals surface area contributed by atoms with Crippen molar-refractivity contribution in [2.24, 2.45) is 5.92 Å². The highest BCUT2D eigenvalue weighted by atomic mass is 32.2. The standard InChI is InChI=1S/C25H40N4O4S/c1-2-3-4-5-14-26-25(31)21-10-9-15-28(20-21)18-13-24(30)27-22-11-8-12-23(19-22)34(32,33)29-16-6-7-17-29/h8,11-12,19,21H,2-7,9-10,13-18,20H2,1H3,(H,26,31)(H,27,30). The molecule has 2 aliphatic heterocycles. The Morgan fingerprint density at radius 3 is 2.62 bits per heavy atom. The van der Waals surface area contributed by atoms with Crippen LogP contribution in [0, 0.1) is 5.92 Å². The first-order valence-electron chi connectivity index (χ1n) is 12.8. The van der Waals surface area contributed by atoms with Crippen molar-refractivity contribution in [2.75, 3.05) is 44.6 Å². The van der Waals surface area contributed by atoms with Crippen LogP contribution >= 0.6 is 0 Å². The number of unbranched alkanes of at least 4 members (excludes halogenated alkanes) is 3. The fourth-order valence-electron chi connectivity index (χ4n) is 4.68. The molecule has 3 rings (SSSR count). The first-order valence-corrected chi connectivity index (χ1v) is 14.2. The summed E-state index contributed by atoms with van der Waals surface area (Å²) in [5.74, 6) is -0.0460. The van der Waals surface area contributed by atoms with Gasteiger partial charge in [0.2, 0.25) is 21.8 Å². The second-order valence-corrected chi connectivity index (χ2v) is 11.4. The van der Waals surface area contributed by atoms with Crippen molar-refractivity contribution in [3.63, 3.8) is 0 Å². The molecule has 2 amide bonds. The number of likely N-dealkylation sites (tertiary alicyclic amines) is 1. The maximum atomic E-state index is 12.8. The summed E-state index contributed by atoms with van der Waals surface area (Å²) in [6.45, 7) is 6.16. The fourth-order valence-corrected chi connectivity index (χ4v) is 6.24. The second-order valence-electron chi connectivity index (χ2n) is 9.43. The highest BCUT2D eigenvalue weighted by molar-refractivity contribution is 7.89. The lowest BCUT2D eigenvalue weighted by molar-refractivity contribution is -0.126. The summed E-state index contributed by atoms with van der Waals surface area (Å²) in [6.07, 6.45) is 8.46. The summed E-state index contributed by atoms with van der Waals surface area (Å²) in [5.41, 5.74) is 0.490. The van der Waals surface area contributed by atoms with Crippen LogP contribution < -0.4 is 10.6 Å². The maximum absolute atomic E-state index is 12.8. The lowest BCUT2D eigenvalue weighted by Gasteiger charge is -2.31. The Labute approximate surface area is 204 Å². The number of hydrogen-bond donors (Lipinski definition) is 2.